The predicted molar refractivity (Wildman–Crippen MR) is 84.8 cm³/mol. The number of carbonyl (C=O) groups is 1. The van der Waals surface area contributed by atoms with E-state index in [0.29, 0.717) is 12.5 Å². The molecule has 0 spiro atoms. The van der Waals surface area contributed by atoms with Gasteiger partial charge in [-0.05, 0) is 36.6 Å². The van der Waals surface area contributed by atoms with Crippen molar-refractivity contribution in [2.45, 2.75) is 33.2 Å². The zero-order chi connectivity index (χ0) is 14.7. The van der Waals surface area contributed by atoms with Gasteiger partial charge in [0.2, 0.25) is 0 Å². The Morgan fingerprint density at radius 1 is 1.35 bits per heavy atom. The second-order valence-corrected chi connectivity index (χ2v) is 6.29. The molecule has 1 aromatic heterocycles. The van der Waals surface area contributed by atoms with Gasteiger partial charge >= 0.3 is 5.97 Å². The Hall–Kier alpha value is -1.29. The van der Waals surface area contributed by atoms with Crippen LogP contribution in [0.5, 0.6) is 0 Å². The highest BCUT2D eigenvalue weighted by Gasteiger charge is 2.21. The highest BCUT2D eigenvalue weighted by molar-refractivity contribution is 9.10. The number of nitrogens with zero attached hydrogens (tertiary/aromatic N) is 1. The molecular weight excluding hydrogens is 318 g/mol. The van der Waals surface area contributed by atoms with E-state index >= 15 is 0 Å². The maximum Gasteiger partial charge on any atom is 0.329 e. The molecule has 4 heteroatoms. The molecule has 0 amide bonds. The van der Waals surface area contributed by atoms with E-state index in [4.69, 9.17) is 4.74 Å². The molecular formula is C16H20BrNO2. The van der Waals surface area contributed by atoms with Gasteiger partial charge in [-0.3, -0.25) is 0 Å². The van der Waals surface area contributed by atoms with Gasteiger partial charge in [0.25, 0.3) is 0 Å². The Morgan fingerprint density at radius 3 is 2.75 bits per heavy atom. The molecule has 20 heavy (non-hydrogen) atoms. The molecule has 3 nitrogen and oxygen atoms in total. The minimum Gasteiger partial charge on any atom is -0.464 e. The van der Waals surface area contributed by atoms with Crippen LogP contribution in [-0.2, 0) is 9.53 Å². The summed E-state index contributed by atoms with van der Waals surface area (Å²) in [5.74, 6) is 0.204. The number of benzene rings is 1. The van der Waals surface area contributed by atoms with Crippen LogP contribution in [0.15, 0.2) is 34.9 Å². The van der Waals surface area contributed by atoms with Crippen molar-refractivity contribution in [3.05, 3.63) is 34.9 Å². The molecule has 0 saturated carbocycles. The molecule has 1 aromatic carbocycles. The number of hydrogen-bond donors (Lipinski definition) is 0. The zero-order valence-electron chi connectivity index (χ0n) is 12.1. The summed E-state index contributed by atoms with van der Waals surface area (Å²) in [7, 11) is 0. The molecule has 2 rings (SSSR count). The van der Waals surface area contributed by atoms with Crippen LogP contribution in [0.2, 0.25) is 0 Å². The van der Waals surface area contributed by atoms with Crippen molar-refractivity contribution >= 4 is 32.8 Å². The lowest BCUT2D eigenvalue weighted by Crippen LogP contribution is -2.22. The fraction of sp³-hybridized carbons (Fsp3) is 0.438. The van der Waals surface area contributed by atoms with Crippen LogP contribution < -0.4 is 0 Å². The van der Waals surface area contributed by atoms with E-state index in [2.05, 4.69) is 22.0 Å². The van der Waals surface area contributed by atoms with Crippen LogP contribution in [0.25, 0.3) is 10.9 Å². The molecule has 2 aromatic rings. The predicted octanol–water partition coefficient (Wildman–Crippen LogP) is 4.55. The second-order valence-electron chi connectivity index (χ2n) is 5.37. The van der Waals surface area contributed by atoms with Gasteiger partial charge in [0, 0.05) is 21.6 Å². The summed E-state index contributed by atoms with van der Waals surface area (Å²) in [5, 5.41) is 1.12. The van der Waals surface area contributed by atoms with Gasteiger partial charge in [0.1, 0.15) is 6.04 Å². The fourth-order valence-electron chi connectivity index (χ4n) is 2.23. The highest BCUT2D eigenvalue weighted by atomic mass is 79.9. The maximum absolute atomic E-state index is 12.2. The van der Waals surface area contributed by atoms with Crippen molar-refractivity contribution in [2.75, 3.05) is 6.61 Å². The Kier molecular flexibility index (Phi) is 4.86. The van der Waals surface area contributed by atoms with E-state index in [1.54, 1.807) is 0 Å². The summed E-state index contributed by atoms with van der Waals surface area (Å²) < 4.78 is 8.43. The fourth-order valence-corrected chi connectivity index (χ4v) is 2.61. The van der Waals surface area contributed by atoms with Gasteiger partial charge in [0.05, 0.1) is 6.61 Å². The average molecular weight is 338 g/mol. The first-order valence-corrected chi connectivity index (χ1v) is 7.75. The first-order chi connectivity index (χ1) is 9.52. The Bertz CT molecular complexity index is 604. The summed E-state index contributed by atoms with van der Waals surface area (Å²) in [6.07, 6.45) is 2.68. The van der Waals surface area contributed by atoms with Gasteiger partial charge in [0.15, 0.2) is 0 Å². The highest BCUT2D eigenvalue weighted by Crippen LogP contribution is 2.25. The number of rotatable bonds is 5. The normalized spacial score (nSPS) is 12.8. The lowest BCUT2D eigenvalue weighted by Gasteiger charge is -2.18. The third-order valence-electron chi connectivity index (χ3n) is 3.24. The van der Waals surface area contributed by atoms with Gasteiger partial charge < -0.3 is 9.30 Å². The quantitative estimate of drug-likeness (QED) is 0.749. The largest absolute Gasteiger partial charge is 0.464 e. The monoisotopic (exact) mass is 337 g/mol. The SMILES string of the molecule is CCC(C(=O)OCC(C)C)n1ccc2cc(Br)ccc21. The third-order valence-corrected chi connectivity index (χ3v) is 3.73. The lowest BCUT2D eigenvalue weighted by atomic mass is 10.2. The standard InChI is InChI=1S/C16H20BrNO2/c1-4-14(16(19)20-10-11(2)3)18-8-7-12-9-13(17)5-6-15(12)18/h5-9,11,14H,4,10H2,1-3H3. The van der Waals surface area contributed by atoms with Crippen molar-refractivity contribution < 1.29 is 9.53 Å². The number of hydrogen-bond acceptors (Lipinski definition) is 2. The maximum atomic E-state index is 12.2. The van der Waals surface area contributed by atoms with Crippen LogP contribution >= 0.6 is 15.9 Å². The van der Waals surface area contributed by atoms with Crippen LogP contribution in [-0.4, -0.2) is 17.1 Å². The van der Waals surface area contributed by atoms with Crippen molar-refractivity contribution in [3.63, 3.8) is 0 Å². The van der Waals surface area contributed by atoms with Crippen LogP contribution in [0.4, 0.5) is 0 Å². The van der Waals surface area contributed by atoms with E-state index in [-0.39, 0.29) is 12.0 Å². The topological polar surface area (TPSA) is 31.2 Å². The molecule has 1 atom stereocenters. The second kappa shape index (κ2) is 6.44. The average Bonchev–Trinajstić information content (AvgIpc) is 2.80. The summed E-state index contributed by atoms with van der Waals surface area (Å²) in [6.45, 7) is 6.56. The van der Waals surface area contributed by atoms with Crippen LogP contribution in [0, 0.1) is 5.92 Å². The first kappa shape index (κ1) is 15.1. The molecule has 0 aliphatic rings. The smallest absolute Gasteiger partial charge is 0.329 e. The molecule has 1 heterocycles. The number of carbonyl (C=O) groups excluding carboxylic acids is 1. The van der Waals surface area contributed by atoms with Crippen LogP contribution in [0.3, 0.4) is 0 Å². The van der Waals surface area contributed by atoms with E-state index in [1.807, 2.05) is 49.7 Å². The molecule has 0 aliphatic carbocycles. The molecule has 0 bridgehead atoms. The van der Waals surface area contributed by atoms with Crippen molar-refractivity contribution in [1.82, 2.24) is 4.57 Å². The first-order valence-electron chi connectivity index (χ1n) is 6.95. The number of fused-ring (bicyclic) bond motifs is 1. The zero-order valence-corrected chi connectivity index (χ0v) is 13.7. The van der Waals surface area contributed by atoms with Gasteiger partial charge in [-0.2, -0.15) is 0 Å². The summed E-state index contributed by atoms with van der Waals surface area (Å²) >= 11 is 3.46. The van der Waals surface area contributed by atoms with Crippen molar-refractivity contribution in [2.24, 2.45) is 5.92 Å². The lowest BCUT2D eigenvalue weighted by molar-refractivity contribution is -0.148. The summed E-state index contributed by atoms with van der Waals surface area (Å²) in [4.78, 5) is 12.2. The summed E-state index contributed by atoms with van der Waals surface area (Å²) in [5.41, 5.74) is 1.06. The summed E-state index contributed by atoms with van der Waals surface area (Å²) in [6, 6.07) is 7.84. The number of aromatic nitrogens is 1. The minimum atomic E-state index is -0.257. The van der Waals surface area contributed by atoms with E-state index in [0.717, 1.165) is 21.8 Å². The van der Waals surface area contributed by atoms with Crippen molar-refractivity contribution in [3.8, 4) is 0 Å². The number of ether oxygens (including phenoxy) is 1. The molecule has 1 unspecified atom stereocenters. The molecule has 0 N–H and O–H groups in total. The Labute approximate surface area is 128 Å². The van der Waals surface area contributed by atoms with Crippen molar-refractivity contribution in [1.29, 1.82) is 0 Å². The molecule has 0 fully saturated rings. The molecule has 108 valence electrons. The van der Waals surface area contributed by atoms with Gasteiger partial charge in [-0.15, -0.1) is 0 Å². The van der Waals surface area contributed by atoms with E-state index < -0.39 is 0 Å². The van der Waals surface area contributed by atoms with Crippen LogP contribution in [0.1, 0.15) is 33.2 Å². The molecule has 0 radical (unpaired) electrons. The molecule has 0 aliphatic heterocycles. The number of esters is 1. The third kappa shape index (κ3) is 3.23. The van der Waals surface area contributed by atoms with Gasteiger partial charge in [-0.1, -0.05) is 36.7 Å². The van der Waals surface area contributed by atoms with E-state index in [1.165, 1.54) is 0 Å². The molecule has 0 saturated heterocycles. The van der Waals surface area contributed by atoms with Gasteiger partial charge in [-0.25, -0.2) is 4.79 Å². The Balaban J connectivity index is 2.27. The number of halogens is 1. The van der Waals surface area contributed by atoms with E-state index in [9.17, 15) is 4.79 Å². The Morgan fingerprint density at radius 2 is 2.10 bits per heavy atom. The minimum absolute atomic E-state index is 0.151.